The molecule has 0 aliphatic carbocycles. The van der Waals surface area contributed by atoms with Gasteiger partial charge in [0.25, 0.3) is 0 Å². The smallest absolute Gasteiger partial charge is 0.126 e. The second kappa shape index (κ2) is 5.51. The third-order valence-electron chi connectivity index (χ3n) is 2.70. The molecule has 1 unspecified atom stereocenters. The van der Waals surface area contributed by atoms with Gasteiger partial charge in [0, 0.05) is 8.95 Å². The number of rotatable bonds is 2. The zero-order valence-corrected chi connectivity index (χ0v) is 12.8. The summed E-state index contributed by atoms with van der Waals surface area (Å²) in [6.07, 6.45) is -0.766. The van der Waals surface area contributed by atoms with Crippen LogP contribution in [0.2, 0.25) is 0 Å². The Morgan fingerprint density at radius 2 is 1.61 bits per heavy atom. The summed E-state index contributed by atoms with van der Waals surface area (Å²) in [6, 6.07) is 10.2. The Balaban J connectivity index is 2.40. The SMILES string of the molecule is Cc1cc(C(O)c2cc(Br)cc(Br)c2)ccc1F. The minimum atomic E-state index is -0.766. The molecule has 0 amide bonds. The minimum absolute atomic E-state index is 0.263. The highest BCUT2D eigenvalue weighted by Gasteiger charge is 2.13. The molecule has 1 N–H and O–H groups in total. The van der Waals surface area contributed by atoms with E-state index in [9.17, 15) is 9.50 Å². The predicted octanol–water partition coefficient (Wildman–Crippen LogP) is 4.74. The number of aryl methyl sites for hydroxylation is 1. The third-order valence-corrected chi connectivity index (χ3v) is 3.61. The Hall–Kier alpha value is -0.710. The van der Waals surface area contributed by atoms with Gasteiger partial charge in [0.05, 0.1) is 0 Å². The molecule has 0 spiro atoms. The lowest BCUT2D eigenvalue weighted by Crippen LogP contribution is -2.01. The number of hydrogen-bond donors (Lipinski definition) is 1. The maximum Gasteiger partial charge on any atom is 0.126 e. The second-order valence-corrected chi connectivity index (χ2v) is 5.95. The summed E-state index contributed by atoms with van der Waals surface area (Å²) in [7, 11) is 0. The second-order valence-electron chi connectivity index (χ2n) is 4.11. The molecule has 1 nitrogen and oxygen atoms in total. The van der Waals surface area contributed by atoms with Crippen LogP contribution in [0.5, 0.6) is 0 Å². The van der Waals surface area contributed by atoms with E-state index < -0.39 is 6.10 Å². The van der Waals surface area contributed by atoms with Crippen molar-refractivity contribution in [2.75, 3.05) is 0 Å². The van der Waals surface area contributed by atoms with E-state index in [1.54, 1.807) is 19.1 Å². The van der Waals surface area contributed by atoms with Gasteiger partial charge in [-0.1, -0.05) is 44.0 Å². The first-order valence-electron chi connectivity index (χ1n) is 5.37. The maximum absolute atomic E-state index is 13.2. The van der Waals surface area contributed by atoms with Crippen LogP contribution in [0.25, 0.3) is 0 Å². The van der Waals surface area contributed by atoms with Crippen molar-refractivity contribution in [2.45, 2.75) is 13.0 Å². The van der Waals surface area contributed by atoms with E-state index in [0.717, 1.165) is 14.5 Å². The van der Waals surface area contributed by atoms with Gasteiger partial charge in [0.2, 0.25) is 0 Å². The summed E-state index contributed by atoms with van der Waals surface area (Å²) in [6.45, 7) is 1.68. The van der Waals surface area contributed by atoms with Crippen LogP contribution in [-0.2, 0) is 0 Å². The lowest BCUT2D eigenvalue weighted by Gasteiger charge is -2.13. The number of halogens is 3. The first kappa shape index (κ1) is 13.7. The zero-order valence-electron chi connectivity index (χ0n) is 9.62. The minimum Gasteiger partial charge on any atom is -0.384 e. The summed E-state index contributed by atoms with van der Waals surface area (Å²) >= 11 is 6.76. The Bertz CT molecular complexity index is 564. The summed E-state index contributed by atoms with van der Waals surface area (Å²) in [5, 5.41) is 10.3. The van der Waals surface area contributed by atoms with E-state index in [1.807, 2.05) is 18.2 Å². The van der Waals surface area contributed by atoms with E-state index in [-0.39, 0.29) is 5.82 Å². The van der Waals surface area contributed by atoms with Gasteiger partial charge in [-0.15, -0.1) is 0 Å². The highest BCUT2D eigenvalue weighted by Crippen LogP contribution is 2.28. The van der Waals surface area contributed by atoms with Gasteiger partial charge in [0.1, 0.15) is 11.9 Å². The number of hydrogen-bond acceptors (Lipinski definition) is 1. The van der Waals surface area contributed by atoms with Crippen LogP contribution in [0, 0.1) is 12.7 Å². The van der Waals surface area contributed by atoms with Gasteiger partial charge in [-0.25, -0.2) is 4.39 Å². The average molecular weight is 374 g/mol. The lowest BCUT2D eigenvalue weighted by atomic mass is 10.00. The molecule has 18 heavy (non-hydrogen) atoms. The number of aliphatic hydroxyl groups excluding tert-OH is 1. The molecule has 0 saturated heterocycles. The molecule has 0 bridgehead atoms. The molecule has 0 aromatic heterocycles. The van der Waals surface area contributed by atoms with Crippen LogP contribution < -0.4 is 0 Å². The Labute approximate surface area is 122 Å². The molecule has 2 rings (SSSR count). The number of benzene rings is 2. The molecule has 4 heteroatoms. The van der Waals surface area contributed by atoms with E-state index in [4.69, 9.17) is 0 Å². The van der Waals surface area contributed by atoms with Gasteiger partial charge < -0.3 is 5.11 Å². The fourth-order valence-electron chi connectivity index (χ4n) is 1.76. The first-order chi connectivity index (χ1) is 8.47. The average Bonchev–Trinajstić information content (AvgIpc) is 2.30. The van der Waals surface area contributed by atoms with Crippen LogP contribution in [0.15, 0.2) is 45.3 Å². The van der Waals surface area contributed by atoms with Gasteiger partial charge in [0.15, 0.2) is 0 Å². The van der Waals surface area contributed by atoms with Crippen LogP contribution in [0.1, 0.15) is 22.8 Å². The Morgan fingerprint density at radius 3 is 2.17 bits per heavy atom. The quantitative estimate of drug-likeness (QED) is 0.805. The van der Waals surface area contributed by atoms with Crippen molar-refractivity contribution in [2.24, 2.45) is 0 Å². The molecule has 0 radical (unpaired) electrons. The van der Waals surface area contributed by atoms with Gasteiger partial charge in [-0.05, 0) is 47.9 Å². The molecule has 2 aromatic rings. The normalized spacial score (nSPS) is 12.5. The largest absolute Gasteiger partial charge is 0.384 e. The lowest BCUT2D eigenvalue weighted by molar-refractivity contribution is 0.220. The molecular weight excluding hydrogens is 363 g/mol. The first-order valence-corrected chi connectivity index (χ1v) is 6.96. The molecule has 0 fully saturated rings. The summed E-state index contributed by atoms with van der Waals surface area (Å²) in [5.41, 5.74) is 1.96. The molecular formula is C14H11Br2FO. The van der Waals surface area contributed by atoms with Crippen molar-refractivity contribution in [1.82, 2.24) is 0 Å². The van der Waals surface area contributed by atoms with Crippen LogP contribution >= 0.6 is 31.9 Å². The molecule has 94 valence electrons. The molecule has 0 aliphatic heterocycles. The molecule has 0 saturated carbocycles. The van der Waals surface area contributed by atoms with Crippen molar-refractivity contribution in [3.63, 3.8) is 0 Å². The molecule has 2 aromatic carbocycles. The van der Waals surface area contributed by atoms with Crippen molar-refractivity contribution in [3.8, 4) is 0 Å². The molecule has 1 atom stereocenters. The van der Waals surface area contributed by atoms with E-state index >= 15 is 0 Å². The molecule has 0 aliphatic rings. The van der Waals surface area contributed by atoms with Crippen molar-refractivity contribution >= 4 is 31.9 Å². The van der Waals surface area contributed by atoms with Crippen LogP contribution in [-0.4, -0.2) is 5.11 Å². The third kappa shape index (κ3) is 2.99. The maximum atomic E-state index is 13.2. The van der Waals surface area contributed by atoms with Crippen LogP contribution in [0.3, 0.4) is 0 Å². The zero-order chi connectivity index (χ0) is 13.3. The Kier molecular flexibility index (Phi) is 4.20. The summed E-state index contributed by atoms with van der Waals surface area (Å²) in [4.78, 5) is 0. The Morgan fingerprint density at radius 1 is 1.00 bits per heavy atom. The summed E-state index contributed by atoms with van der Waals surface area (Å²) < 4.78 is 15.0. The number of aliphatic hydroxyl groups is 1. The van der Waals surface area contributed by atoms with Crippen molar-refractivity contribution < 1.29 is 9.50 Å². The standard InChI is InChI=1S/C14H11Br2FO/c1-8-4-9(2-3-13(8)17)14(18)10-5-11(15)7-12(16)6-10/h2-7,14,18H,1H3. The predicted molar refractivity (Wildman–Crippen MR) is 77.0 cm³/mol. The summed E-state index contributed by atoms with van der Waals surface area (Å²) in [5.74, 6) is -0.263. The fraction of sp³-hybridized carbons (Fsp3) is 0.143. The van der Waals surface area contributed by atoms with Crippen LogP contribution in [0.4, 0.5) is 4.39 Å². The molecule has 0 heterocycles. The highest BCUT2D eigenvalue weighted by atomic mass is 79.9. The monoisotopic (exact) mass is 372 g/mol. The topological polar surface area (TPSA) is 20.2 Å². The van der Waals surface area contributed by atoms with Gasteiger partial charge in [-0.3, -0.25) is 0 Å². The van der Waals surface area contributed by atoms with E-state index in [1.165, 1.54) is 6.07 Å². The fourth-order valence-corrected chi connectivity index (χ4v) is 3.09. The van der Waals surface area contributed by atoms with Crippen molar-refractivity contribution in [3.05, 3.63) is 67.9 Å². The van der Waals surface area contributed by atoms with Gasteiger partial charge >= 0.3 is 0 Å². The highest BCUT2D eigenvalue weighted by molar-refractivity contribution is 9.11. The van der Waals surface area contributed by atoms with E-state index in [2.05, 4.69) is 31.9 Å². The van der Waals surface area contributed by atoms with E-state index in [0.29, 0.717) is 11.1 Å². The van der Waals surface area contributed by atoms with Crippen molar-refractivity contribution in [1.29, 1.82) is 0 Å². The van der Waals surface area contributed by atoms with Gasteiger partial charge in [-0.2, -0.15) is 0 Å².